The van der Waals surface area contributed by atoms with E-state index in [4.69, 9.17) is 4.78 Å². The van der Waals surface area contributed by atoms with Crippen molar-refractivity contribution in [2.45, 2.75) is 0 Å². The third-order valence-electron chi connectivity index (χ3n) is 0.548. The van der Waals surface area contributed by atoms with Crippen LogP contribution in [0.15, 0.2) is 0 Å². The molecule has 82 valence electrons. The van der Waals surface area contributed by atoms with Crippen LogP contribution >= 0.6 is 0 Å². The number of halogens is 3. The Balaban J connectivity index is -0.000000720. The maximum absolute atomic E-state index is 11.9. The van der Waals surface area contributed by atoms with E-state index in [1.165, 1.54) is 0 Å². The van der Waals surface area contributed by atoms with Gasteiger partial charge in [0.05, 0.1) is 3.12 Å². The van der Waals surface area contributed by atoms with Gasteiger partial charge in [0.2, 0.25) is 0 Å². The molecule has 0 fully saturated rings. The topological polar surface area (TPSA) is 112 Å². The van der Waals surface area contributed by atoms with Crippen LogP contribution in [0.3, 0.4) is 0 Å². The van der Waals surface area contributed by atoms with Crippen LogP contribution in [0.5, 0.6) is 0 Å². The Hall–Kier alpha value is 0.197. The van der Waals surface area contributed by atoms with Crippen LogP contribution in [0.1, 0.15) is 1.43 Å². The Morgan fingerprint density at radius 2 is 1.14 bits per heavy atom. The molecule has 0 bridgehead atoms. The van der Waals surface area contributed by atoms with Crippen molar-refractivity contribution in [2.75, 3.05) is 0 Å². The van der Waals surface area contributed by atoms with E-state index in [2.05, 4.69) is 0 Å². The summed E-state index contributed by atoms with van der Waals surface area (Å²) in [5.41, 5.74) is 0. The number of nitrogens with zero attached hydrogens (tertiary/aromatic N) is 1. The molecule has 0 saturated heterocycles. The summed E-state index contributed by atoms with van der Waals surface area (Å²) in [6, 6.07) is 0. The van der Waals surface area contributed by atoms with Gasteiger partial charge in [-0.15, -0.1) is 3.89 Å². The SMILES string of the molecule is N=S(=O)(F)N(S(=O)(=O)F)S(=O)(=O)F.[H-].[Li+]. The average molecular weight is 270 g/mol. The van der Waals surface area contributed by atoms with Gasteiger partial charge in [0, 0.05) is 0 Å². The Morgan fingerprint density at radius 1 is 0.929 bits per heavy atom. The van der Waals surface area contributed by atoms with E-state index >= 15 is 0 Å². The van der Waals surface area contributed by atoms with Crippen molar-refractivity contribution >= 4 is 31.1 Å². The second-order valence-corrected chi connectivity index (χ2v) is 5.86. The van der Waals surface area contributed by atoms with Gasteiger partial charge in [-0.25, -0.2) is 4.78 Å². The van der Waals surface area contributed by atoms with Crippen molar-refractivity contribution in [3.63, 3.8) is 0 Å². The molecule has 1 N–H and O–H groups in total. The molecule has 0 spiro atoms. The zero-order chi connectivity index (χ0) is 11.1. The van der Waals surface area contributed by atoms with Crippen LogP contribution in [0.2, 0.25) is 0 Å². The number of hydrogen-bond donors (Lipinski definition) is 1. The molecule has 14 heavy (non-hydrogen) atoms. The summed E-state index contributed by atoms with van der Waals surface area (Å²) in [7, 11) is -19.0. The zero-order valence-corrected chi connectivity index (χ0v) is 8.80. The van der Waals surface area contributed by atoms with Gasteiger partial charge in [0.25, 0.3) is 10.3 Å². The Morgan fingerprint density at radius 3 is 1.14 bits per heavy atom. The van der Waals surface area contributed by atoms with Gasteiger partial charge >= 0.3 is 39.7 Å². The smallest absolute Gasteiger partial charge is 1.00 e. The Bertz CT molecular complexity index is 418. The van der Waals surface area contributed by atoms with Gasteiger partial charge in [-0.05, 0) is 0 Å². The van der Waals surface area contributed by atoms with E-state index in [-0.39, 0.29) is 20.3 Å². The van der Waals surface area contributed by atoms with Gasteiger partial charge in [0.1, 0.15) is 0 Å². The minimum absolute atomic E-state index is 0. The third kappa shape index (κ3) is 4.62. The summed E-state index contributed by atoms with van der Waals surface area (Å²) >= 11 is 0. The van der Waals surface area contributed by atoms with Gasteiger partial charge in [0.15, 0.2) is 0 Å². The van der Waals surface area contributed by atoms with E-state index in [1.807, 2.05) is 0 Å². The summed E-state index contributed by atoms with van der Waals surface area (Å²) in [6.07, 6.45) is 0. The predicted molar refractivity (Wildman–Crippen MR) is 35.0 cm³/mol. The van der Waals surface area contributed by atoms with Gasteiger partial charge < -0.3 is 1.43 Å². The monoisotopic (exact) mass is 270 g/mol. The maximum atomic E-state index is 11.9. The van der Waals surface area contributed by atoms with Gasteiger partial charge in [-0.3, -0.25) is 0 Å². The first kappa shape index (κ1) is 16.6. The van der Waals surface area contributed by atoms with Gasteiger partial charge in [-0.2, -0.15) is 21.0 Å². The van der Waals surface area contributed by atoms with Crippen molar-refractivity contribution in [3.05, 3.63) is 0 Å². The summed E-state index contributed by atoms with van der Waals surface area (Å²) < 4.78 is 87.7. The molecular weight excluding hydrogens is 268 g/mol. The predicted octanol–water partition coefficient (Wildman–Crippen LogP) is -3.32. The van der Waals surface area contributed by atoms with Crippen molar-refractivity contribution in [3.8, 4) is 0 Å². The molecule has 0 heterocycles. The fourth-order valence-electron chi connectivity index (χ4n) is 0.335. The molecule has 0 aliphatic rings. The van der Waals surface area contributed by atoms with Crippen molar-refractivity contribution < 1.29 is 53.0 Å². The van der Waals surface area contributed by atoms with Crippen LogP contribution in [0.25, 0.3) is 0 Å². The molecule has 0 radical (unpaired) electrons. The largest absolute Gasteiger partial charge is 1.00 e. The second kappa shape index (κ2) is 4.37. The third-order valence-corrected chi connectivity index (χ3v) is 4.93. The van der Waals surface area contributed by atoms with E-state index in [0.29, 0.717) is 0 Å². The molecule has 0 amide bonds. The Labute approximate surface area is 92.0 Å². The standard InChI is InChI=1S/F3HN2O5S3.Li.H/c1-11(4,6)5(12(2,7)8)13(3,9)10;;/h4H;;/q;+1;-1. The van der Waals surface area contributed by atoms with Crippen molar-refractivity contribution in [1.29, 1.82) is 4.78 Å². The molecule has 1 unspecified atom stereocenters. The average Bonchev–Trinajstić information content (AvgIpc) is 1.44. The van der Waals surface area contributed by atoms with Crippen molar-refractivity contribution in [2.24, 2.45) is 0 Å². The van der Waals surface area contributed by atoms with Crippen LogP contribution in [-0.2, 0) is 31.1 Å². The number of hydrogen-bond acceptors (Lipinski definition) is 6. The molecule has 1 atom stereocenters. The number of nitrogens with one attached hydrogen (secondary N) is 1. The van der Waals surface area contributed by atoms with Gasteiger partial charge in [-0.1, -0.05) is 7.77 Å². The number of rotatable bonds is 3. The summed E-state index contributed by atoms with van der Waals surface area (Å²) in [4.78, 5) is 0. The van der Waals surface area contributed by atoms with Crippen LogP contribution < -0.4 is 18.9 Å². The first-order chi connectivity index (χ1) is 5.37. The quantitative estimate of drug-likeness (QED) is 0.426. The minimum Gasteiger partial charge on any atom is -1.00 e. The Kier molecular flexibility index (Phi) is 5.19. The molecule has 0 aliphatic carbocycles. The fraction of sp³-hybridized carbons (Fsp3) is 0. The minimum atomic E-state index is -6.45. The normalized spacial score (nSPS) is 17.1. The zero-order valence-electron chi connectivity index (χ0n) is 7.35. The molecule has 0 aliphatic heterocycles. The molecule has 0 saturated carbocycles. The molecule has 0 aromatic heterocycles. The van der Waals surface area contributed by atoms with E-state index < -0.39 is 34.2 Å². The molecule has 7 nitrogen and oxygen atoms in total. The van der Waals surface area contributed by atoms with Crippen LogP contribution in [0, 0.1) is 4.78 Å². The molecular formula is H2F3LiN2O5S3. The van der Waals surface area contributed by atoms with E-state index in [0.717, 1.165) is 0 Å². The summed E-state index contributed by atoms with van der Waals surface area (Å²) in [6.45, 7) is 0. The molecule has 0 aromatic rings. The molecule has 0 rings (SSSR count). The second-order valence-electron chi connectivity index (χ2n) is 1.51. The van der Waals surface area contributed by atoms with E-state index in [1.54, 1.807) is 0 Å². The molecule has 0 aromatic carbocycles. The van der Waals surface area contributed by atoms with E-state index in [9.17, 15) is 32.7 Å². The van der Waals surface area contributed by atoms with Crippen molar-refractivity contribution in [1.82, 2.24) is 3.12 Å². The summed E-state index contributed by atoms with van der Waals surface area (Å²) in [5.74, 6) is 0. The molecule has 14 heteroatoms. The first-order valence-corrected chi connectivity index (χ1v) is 6.14. The van der Waals surface area contributed by atoms with Crippen LogP contribution in [0.4, 0.5) is 11.7 Å². The first-order valence-electron chi connectivity index (χ1n) is 2.05. The van der Waals surface area contributed by atoms with Crippen LogP contribution in [-0.4, -0.2) is 24.2 Å². The summed E-state index contributed by atoms with van der Waals surface area (Å²) in [5, 5.41) is 0. The fourth-order valence-corrected chi connectivity index (χ4v) is 3.02. The maximum Gasteiger partial charge on any atom is 1.00 e.